The fourth-order valence-electron chi connectivity index (χ4n) is 2.18. The van der Waals surface area contributed by atoms with Crippen LogP contribution in [0.2, 0.25) is 0 Å². The molecule has 0 spiro atoms. The molecule has 0 aliphatic heterocycles. The second kappa shape index (κ2) is 10.8. The molecule has 0 bridgehead atoms. The highest BCUT2D eigenvalue weighted by Crippen LogP contribution is 2.23. The van der Waals surface area contributed by atoms with E-state index in [4.69, 9.17) is 9.47 Å². The Hall–Kier alpha value is -3.15. The molecule has 0 heterocycles. The first kappa shape index (κ1) is 20.2. The molecule has 0 aliphatic rings. The van der Waals surface area contributed by atoms with Gasteiger partial charge < -0.3 is 14.8 Å². The number of ether oxygens (including phenoxy) is 2. The number of ketones is 1. The van der Waals surface area contributed by atoms with Crippen LogP contribution in [0.4, 0.5) is 10.1 Å². The minimum absolute atomic E-state index is 0.0998. The van der Waals surface area contributed by atoms with Crippen molar-refractivity contribution in [3.63, 3.8) is 0 Å². The standard InChI is InChI=1S/C21H22FNO4/c1-16(24)13-21(25)26-12-6-5-11-23-18-9-10-19(22)20(14-18)27-15-17-7-3-2-4-8-17/h2-10,14,23H,11-13,15H2,1H3. The summed E-state index contributed by atoms with van der Waals surface area (Å²) in [6.07, 6.45) is 3.23. The van der Waals surface area contributed by atoms with E-state index in [1.54, 1.807) is 24.3 Å². The lowest BCUT2D eigenvalue weighted by Crippen LogP contribution is -2.09. The molecule has 5 nitrogen and oxygen atoms in total. The number of nitrogens with one attached hydrogen (secondary N) is 1. The van der Waals surface area contributed by atoms with Gasteiger partial charge >= 0.3 is 5.97 Å². The summed E-state index contributed by atoms with van der Waals surface area (Å²) >= 11 is 0. The van der Waals surface area contributed by atoms with Gasteiger partial charge in [0.15, 0.2) is 11.6 Å². The average molecular weight is 371 g/mol. The number of carbonyl (C=O) groups excluding carboxylic acids is 2. The second-order valence-electron chi connectivity index (χ2n) is 5.83. The lowest BCUT2D eigenvalue weighted by molar-refractivity contribution is -0.144. The van der Waals surface area contributed by atoms with Crippen molar-refractivity contribution >= 4 is 17.4 Å². The molecule has 0 amide bonds. The number of benzene rings is 2. The van der Waals surface area contributed by atoms with Crippen LogP contribution >= 0.6 is 0 Å². The predicted octanol–water partition coefficient (Wildman–Crippen LogP) is 3.90. The fourth-order valence-corrected chi connectivity index (χ4v) is 2.18. The van der Waals surface area contributed by atoms with Gasteiger partial charge in [0.05, 0.1) is 0 Å². The average Bonchev–Trinajstić information content (AvgIpc) is 2.65. The molecule has 0 radical (unpaired) electrons. The monoisotopic (exact) mass is 371 g/mol. The molecule has 2 rings (SSSR count). The van der Waals surface area contributed by atoms with Gasteiger partial charge in [-0.15, -0.1) is 0 Å². The number of hydrogen-bond acceptors (Lipinski definition) is 5. The molecule has 2 aromatic rings. The SMILES string of the molecule is CC(=O)CC(=O)OCC=CCNc1ccc(F)c(OCc2ccccc2)c1. The molecule has 142 valence electrons. The summed E-state index contributed by atoms with van der Waals surface area (Å²) < 4.78 is 24.3. The van der Waals surface area contributed by atoms with Crippen molar-refractivity contribution in [2.24, 2.45) is 0 Å². The van der Waals surface area contributed by atoms with Crippen LogP contribution in [0, 0.1) is 5.82 Å². The van der Waals surface area contributed by atoms with Gasteiger partial charge in [0.1, 0.15) is 25.4 Å². The summed E-state index contributed by atoms with van der Waals surface area (Å²) in [5.41, 5.74) is 1.66. The van der Waals surface area contributed by atoms with Crippen molar-refractivity contribution in [2.75, 3.05) is 18.5 Å². The third kappa shape index (κ3) is 7.73. The maximum atomic E-state index is 13.9. The van der Waals surface area contributed by atoms with Crippen LogP contribution in [0.25, 0.3) is 0 Å². The molecule has 6 heteroatoms. The van der Waals surface area contributed by atoms with Gasteiger partial charge in [0.2, 0.25) is 0 Å². The Morgan fingerprint density at radius 2 is 1.89 bits per heavy atom. The van der Waals surface area contributed by atoms with Gasteiger partial charge in [0.25, 0.3) is 0 Å². The first-order valence-corrected chi connectivity index (χ1v) is 8.55. The van der Waals surface area contributed by atoms with Crippen molar-refractivity contribution in [3.8, 4) is 5.75 Å². The molecule has 0 saturated carbocycles. The molecule has 2 aromatic carbocycles. The highest BCUT2D eigenvalue weighted by atomic mass is 19.1. The van der Waals surface area contributed by atoms with E-state index in [0.29, 0.717) is 12.2 Å². The lowest BCUT2D eigenvalue weighted by Gasteiger charge is -2.10. The first-order valence-electron chi connectivity index (χ1n) is 8.55. The summed E-state index contributed by atoms with van der Waals surface area (Å²) in [7, 11) is 0. The third-order valence-corrected chi connectivity index (χ3v) is 3.49. The summed E-state index contributed by atoms with van der Waals surface area (Å²) in [6, 6.07) is 14.1. The molecule has 0 fully saturated rings. The third-order valence-electron chi connectivity index (χ3n) is 3.49. The van der Waals surface area contributed by atoms with Crippen LogP contribution in [0.15, 0.2) is 60.7 Å². The Bertz CT molecular complexity index is 790. The van der Waals surface area contributed by atoms with Crippen molar-refractivity contribution in [1.82, 2.24) is 0 Å². The Balaban J connectivity index is 1.77. The minimum atomic E-state index is -0.543. The number of carbonyl (C=O) groups is 2. The zero-order valence-corrected chi connectivity index (χ0v) is 15.1. The summed E-state index contributed by atoms with van der Waals surface area (Å²) in [6.45, 7) is 2.19. The quantitative estimate of drug-likeness (QED) is 0.390. The van der Waals surface area contributed by atoms with E-state index in [1.165, 1.54) is 13.0 Å². The van der Waals surface area contributed by atoms with E-state index in [0.717, 1.165) is 5.56 Å². The maximum Gasteiger partial charge on any atom is 0.313 e. The van der Waals surface area contributed by atoms with Gasteiger partial charge in [-0.25, -0.2) is 4.39 Å². The second-order valence-corrected chi connectivity index (χ2v) is 5.83. The van der Waals surface area contributed by atoms with Gasteiger partial charge in [0, 0.05) is 18.3 Å². The van der Waals surface area contributed by atoms with E-state index >= 15 is 0 Å². The molecular formula is C21H22FNO4. The number of halogens is 1. The van der Waals surface area contributed by atoms with Gasteiger partial charge in [-0.2, -0.15) is 0 Å². The van der Waals surface area contributed by atoms with Crippen LogP contribution in [0.1, 0.15) is 18.9 Å². The molecule has 27 heavy (non-hydrogen) atoms. The van der Waals surface area contributed by atoms with E-state index in [9.17, 15) is 14.0 Å². The van der Waals surface area contributed by atoms with E-state index in [2.05, 4.69) is 5.32 Å². The van der Waals surface area contributed by atoms with E-state index < -0.39 is 11.8 Å². The minimum Gasteiger partial charge on any atom is -0.486 e. The lowest BCUT2D eigenvalue weighted by atomic mass is 10.2. The molecule has 0 atom stereocenters. The Morgan fingerprint density at radius 3 is 2.63 bits per heavy atom. The summed E-state index contributed by atoms with van der Waals surface area (Å²) in [5, 5.41) is 3.10. The van der Waals surface area contributed by atoms with Crippen LogP contribution in [0.5, 0.6) is 5.75 Å². The number of Topliss-reactive ketones (excluding diaryl/α,β-unsaturated/α-hetero) is 1. The maximum absolute atomic E-state index is 13.9. The Labute approximate surface area is 157 Å². The van der Waals surface area contributed by atoms with Crippen LogP contribution in [0.3, 0.4) is 0 Å². The summed E-state index contributed by atoms with van der Waals surface area (Å²) in [5.74, 6) is -1.03. The van der Waals surface area contributed by atoms with Crippen molar-refractivity contribution in [1.29, 1.82) is 0 Å². The smallest absolute Gasteiger partial charge is 0.313 e. The predicted molar refractivity (Wildman–Crippen MR) is 101 cm³/mol. The Morgan fingerprint density at radius 1 is 1.11 bits per heavy atom. The number of anilines is 1. The first-order chi connectivity index (χ1) is 13.0. The van der Waals surface area contributed by atoms with Crippen molar-refractivity contribution < 1.29 is 23.5 Å². The van der Waals surface area contributed by atoms with E-state index in [-0.39, 0.29) is 31.2 Å². The van der Waals surface area contributed by atoms with Crippen LogP contribution < -0.4 is 10.1 Å². The molecule has 1 N–H and O–H groups in total. The molecular weight excluding hydrogens is 349 g/mol. The van der Waals surface area contributed by atoms with Crippen LogP contribution in [-0.2, 0) is 20.9 Å². The summed E-state index contributed by atoms with van der Waals surface area (Å²) in [4.78, 5) is 22.0. The molecule has 0 saturated heterocycles. The molecule has 0 aromatic heterocycles. The van der Waals surface area contributed by atoms with Gasteiger partial charge in [-0.05, 0) is 30.7 Å². The zero-order chi connectivity index (χ0) is 19.5. The van der Waals surface area contributed by atoms with E-state index in [1.807, 2.05) is 30.3 Å². The Kier molecular flexibility index (Phi) is 8.03. The van der Waals surface area contributed by atoms with Crippen LogP contribution in [-0.4, -0.2) is 24.9 Å². The fraction of sp³-hybridized carbons (Fsp3) is 0.238. The van der Waals surface area contributed by atoms with Gasteiger partial charge in [-0.3, -0.25) is 9.59 Å². The highest BCUT2D eigenvalue weighted by Gasteiger charge is 2.06. The number of esters is 1. The largest absolute Gasteiger partial charge is 0.486 e. The number of hydrogen-bond donors (Lipinski definition) is 1. The topological polar surface area (TPSA) is 64.6 Å². The molecule has 0 unspecified atom stereocenters. The normalized spacial score (nSPS) is 10.6. The number of rotatable bonds is 10. The molecule has 0 aliphatic carbocycles. The highest BCUT2D eigenvalue weighted by molar-refractivity contribution is 5.94. The van der Waals surface area contributed by atoms with Crippen molar-refractivity contribution in [2.45, 2.75) is 20.0 Å². The van der Waals surface area contributed by atoms with Gasteiger partial charge in [-0.1, -0.05) is 36.4 Å². The zero-order valence-electron chi connectivity index (χ0n) is 15.1. The van der Waals surface area contributed by atoms with Crippen molar-refractivity contribution in [3.05, 3.63) is 72.1 Å².